The van der Waals surface area contributed by atoms with Gasteiger partial charge in [0.05, 0.1) is 12.2 Å². The Morgan fingerprint density at radius 1 is 1.38 bits per heavy atom. The average Bonchev–Trinajstić information content (AvgIpc) is 2.25. The van der Waals surface area contributed by atoms with Crippen LogP contribution in [0.5, 0.6) is 5.75 Å². The zero-order valence-electron chi connectivity index (χ0n) is 9.75. The number of hydrogen-bond acceptors (Lipinski definition) is 3. The van der Waals surface area contributed by atoms with Crippen molar-refractivity contribution in [2.45, 2.75) is 13.3 Å². The Labute approximate surface area is 95.9 Å². The monoisotopic (exact) mass is 222 g/mol. The molecule has 0 aliphatic rings. The number of amidine groups is 1. The zero-order chi connectivity index (χ0) is 12.0. The second-order valence-corrected chi connectivity index (χ2v) is 3.56. The smallest absolute Gasteiger partial charge is 0.133 e. The first-order valence-corrected chi connectivity index (χ1v) is 5.22. The minimum Gasteiger partial charge on any atom is -0.492 e. The molecular formula is C12H18N2O2. The van der Waals surface area contributed by atoms with E-state index in [1.165, 1.54) is 0 Å². The first-order valence-electron chi connectivity index (χ1n) is 5.22. The molecule has 0 saturated heterocycles. The van der Waals surface area contributed by atoms with E-state index in [2.05, 4.69) is 0 Å². The lowest BCUT2D eigenvalue weighted by atomic mass is 10.1. The fraction of sp³-hybridized carbons (Fsp3) is 0.417. The highest BCUT2D eigenvalue weighted by atomic mass is 16.5. The summed E-state index contributed by atoms with van der Waals surface area (Å²) in [5, 5.41) is 7.46. The number of aryl methyl sites for hydroxylation is 1. The van der Waals surface area contributed by atoms with Gasteiger partial charge in [-0.25, -0.2) is 0 Å². The fourth-order valence-electron chi connectivity index (χ4n) is 1.43. The molecule has 0 saturated carbocycles. The van der Waals surface area contributed by atoms with Crippen LogP contribution >= 0.6 is 0 Å². The predicted octanol–water partition coefficient (Wildman–Crippen LogP) is 1.69. The first kappa shape index (κ1) is 12.5. The van der Waals surface area contributed by atoms with E-state index in [1.54, 1.807) is 13.2 Å². The molecule has 0 atom stereocenters. The average molecular weight is 222 g/mol. The number of nitrogen functional groups attached to an aromatic ring is 1. The van der Waals surface area contributed by atoms with E-state index in [9.17, 15) is 0 Å². The maximum atomic E-state index is 7.46. The Hall–Kier alpha value is -1.55. The largest absolute Gasteiger partial charge is 0.492 e. The molecular weight excluding hydrogens is 204 g/mol. The van der Waals surface area contributed by atoms with Crippen molar-refractivity contribution < 1.29 is 9.47 Å². The van der Waals surface area contributed by atoms with E-state index in [4.69, 9.17) is 20.6 Å². The minimum atomic E-state index is 0.0328. The van der Waals surface area contributed by atoms with Gasteiger partial charge < -0.3 is 15.2 Å². The molecule has 0 radical (unpaired) electrons. The topological polar surface area (TPSA) is 68.3 Å². The second kappa shape index (κ2) is 6.12. The molecule has 0 spiro atoms. The van der Waals surface area contributed by atoms with Gasteiger partial charge in [0.25, 0.3) is 0 Å². The molecule has 0 bridgehead atoms. The summed E-state index contributed by atoms with van der Waals surface area (Å²) >= 11 is 0. The third-order valence-corrected chi connectivity index (χ3v) is 2.24. The second-order valence-electron chi connectivity index (χ2n) is 3.56. The van der Waals surface area contributed by atoms with Gasteiger partial charge in [0.2, 0.25) is 0 Å². The molecule has 1 aromatic rings. The summed E-state index contributed by atoms with van der Waals surface area (Å²) in [6.45, 7) is 3.18. The Kier molecular flexibility index (Phi) is 4.79. The quantitative estimate of drug-likeness (QED) is 0.437. The summed E-state index contributed by atoms with van der Waals surface area (Å²) in [6, 6.07) is 5.60. The van der Waals surface area contributed by atoms with Crippen LogP contribution in [0.2, 0.25) is 0 Å². The maximum Gasteiger partial charge on any atom is 0.133 e. The Bertz CT molecular complexity index is 364. The van der Waals surface area contributed by atoms with Crippen molar-refractivity contribution in [1.82, 2.24) is 0 Å². The van der Waals surface area contributed by atoms with Crippen molar-refractivity contribution >= 4 is 5.84 Å². The normalized spacial score (nSPS) is 10.1. The van der Waals surface area contributed by atoms with E-state index < -0.39 is 0 Å². The van der Waals surface area contributed by atoms with E-state index in [1.807, 2.05) is 19.1 Å². The van der Waals surface area contributed by atoms with E-state index in [0.29, 0.717) is 24.5 Å². The fourth-order valence-corrected chi connectivity index (χ4v) is 1.43. The lowest BCUT2D eigenvalue weighted by Crippen LogP contribution is -2.14. The number of para-hydroxylation sites is 1. The van der Waals surface area contributed by atoms with Crippen molar-refractivity contribution in [3.63, 3.8) is 0 Å². The molecule has 1 rings (SSSR count). The van der Waals surface area contributed by atoms with Gasteiger partial charge in [-0.1, -0.05) is 12.1 Å². The van der Waals surface area contributed by atoms with E-state index in [-0.39, 0.29) is 5.84 Å². The molecule has 16 heavy (non-hydrogen) atoms. The number of rotatable bonds is 6. The van der Waals surface area contributed by atoms with E-state index in [0.717, 1.165) is 12.0 Å². The number of hydrogen-bond donors (Lipinski definition) is 2. The summed E-state index contributed by atoms with van der Waals surface area (Å²) in [6.07, 6.45) is 0.822. The summed E-state index contributed by atoms with van der Waals surface area (Å²) in [4.78, 5) is 0. The van der Waals surface area contributed by atoms with Gasteiger partial charge in [0.15, 0.2) is 0 Å². The van der Waals surface area contributed by atoms with Crippen LogP contribution in [0.3, 0.4) is 0 Å². The van der Waals surface area contributed by atoms with Crippen molar-refractivity contribution in [3.8, 4) is 5.75 Å². The van der Waals surface area contributed by atoms with Gasteiger partial charge in [-0.3, -0.25) is 5.41 Å². The SMILES string of the molecule is COCCCOc1c(C)cccc1C(=N)N. The number of ether oxygens (including phenoxy) is 2. The summed E-state index contributed by atoms with van der Waals surface area (Å²) in [5.74, 6) is 0.733. The lowest BCUT2D eigenvalue weighted by molar-refractivity contribution is 0.172. The highest BCUT2D eigenvalue weighted by Crippen LogP contribution is 2.22. The van der Waals surface area contributed by atoms with Crippen LogP contribution in [0.4, 0.5) is 0 Å². The van der Waals surface area contributed by atoms with Gasteiger partial charge in [0, 0.05) is 20.1 Å². The molecule has 0 fully saturated rings. The van der Waals surface area contributed by atoms with Crippen LogP contribution in [-0.4, -0.2) is 26.2 Å². The number of nitrogens with two attached hydrogens (primary N) is 1. The summed E-state index contributed by atoms with van der Waals surface area (Å²) in [7, 11) is 1.66. The van der Waals surface area contributed by atoms with Crippen molar-refractivity contribution in [2.75, 3.05) is 20.3 Å². The third kappa shape index (κ3) is 3.24. The molecule has 0 heterocycles. The minimum absolute atomic E-state index is 0.0328. The van der Waals surface area contributed by atoms with Gasteiger partial charge >= 0.3 is 0 Å². The summed E-state index contributed by atoms with van der Waals surface area (Å²) in [5.41, 5.74) is 7.13. The van der Waals surface area contributed by atoms with Gasteiger partial charge in [-0.15, -0.1) is 0 Å². The highest BCUT2D eigenvalue weighted by molar-refractivity contribution is 5.98. The molecule has 0 amide bonds. The van der Waals surface area contributed by atoms with Gasteiger partial charge in [-0.2, -0.15) is 0 Å². The van der Waals surface area contributed by atoms with E-state index >= 15 is 0 Å². The molecule has 0 unspecified atom stereocenters. The molecule has 3 N–H and O–H groups in total. The zero-order valence-corrected chi connectivity index (χ0v) is 9.75. The van der Waals surface area contributed by atoms with Crippen LogP contribution in [0.15, 0.2) is 18.2 Å². The number of benzene rings is 1. The van der Waals surface area contributed by atoms with Crippen LogP contribution < -0.4 is 10.5 Å². The van der Waals surface area contributed by atoms with Crippen molar-refractivity contribution in [1.29, 1.82) is 5.41 Å². The molecule has 4 nitrogen and oxygen atoms in total. The highest BCUT2D eigenvalue weighted by Gasteiger charge is 2.08. The Morgan fingerprint density at radius 3 is 2.75 bits per heavy atom. The Morgan fingerprint density at radius 2 is 2.12 bits per heavy atom. The maximum absolute atomic E-state index is 7.46. The van der Waals surface area contributed by atoms with Crippen LogP contribution in [0, 0.1) is 12.3 Å². The number of methoxy groups -OCH3 is 1. The first-order chi connectivity index (χ1) is 7.66. The summed E-state index contributed by atoms with van der Waals surface area (Å²) < 4.78 is 10.6. The molecule has 1 aromatic carbocycles. The van der Waals surface area contributed by atoms with Gasteiger partial charge in [-0.05, 0) is 18.6 Å². The number of nitrogens with one attached hydrogen (secondary N) is 1. The van der Waals surface area contributed by atoms with Gasteiger partial charge in [0.1, 0.15) is 11.6 Å². The van der Waals surface area contributed by atoms with Crippen molar-refractivity contribution in [3.05, 3.63) is 29.3 Å². The van der Waals surface area contributed by atoms with Crippen molar-refractivity contribution in [2.24, 2.45) is 5.73 Å². The lowest BCUT2D eigenvalue weighted by Gasteiger charge is -2.12. The van der Waals surface area contributed by atoms with Crippen LogP contribution in [0.1, 0.15) is 17.5 Å². The standard InChI is InChI=1S/C12H18N2O2/c1-9-5-3-6-10(12(13)14)11(9)16-8-4-7-15-2/h3,5-6H,4,7-8H2,1-2H3,(H3,13,14). The molecule has 4 heteroatoms. The molecule has 88 valence electrons. The molecule has 0 aromatic heterocycles. The molecule has 0 aliphatic heterocycles. The Balaban J connectivity index is 2.73. The van der Waals surface area contributed by atoms with Crippen LogP contribution in [-0.2, 0) is 4.74 Å². The molecule has 0 aliphatic carbocycles. The predicted molar refractivity (Wildman–Crippen MR) is 64.2 cm³/mol. The van der Waals surface area contributed by atoms with Crippen LogP contribution in [0.25, 0.3) is 0 Å². The third-order valence-electron chi connectivity index (χ3n) is 2.24.